The molecule has 114 valence electrons. The summed E-state index contributed by atoms with van der Waals surface area (Å²) in [4.78, 5) is 11.6. The van der Waals surface area contributed by atoms with Gasteiger partial charge in [0.25, 0.3) is 5.91 Å². The monoisotopic (exact) mass is 298 g/mol. The first-order valence-electron chi connectivity index (χ1n) is 6.88. The molecule has 0 radical (unpaired) electrons. The Labute approximate surface area is 129 Å². The molecule has 1 aromatic carbocycles. The van der Waals surface area contributed by atoms with E-state index in [2.05, 4.69) is 10.5 Å². The van der Waals surface area contributed by atoms with Crippen LogP contribution in [0, 0.1) is 13.8 Å². The van der Waals surface area contributed by atoms with Gasteiger partial charge in [0, 0.05) is 6.21 Å². The smallest absolute Gasteiger partial charge is 0.277 e. The molecule has 0 aliphatic carbocycles. The van der Waals surface area contributed by atoms with Crippen molar-refractivity contribution in [3.05, 3.63) is 59.6 Å². The van der Waals surface area contributed by atoms with Crippen LogP contribution in [0.25, 0.3) is 6.08 Å². The molecule has 0 aliphatic heterocycles. The van der Waals surface area contributed by atoms with Crippen LogP contribution in [0.4, 0.5) is 0 Å². The van der Waals surface area contributed by atoms with Crippen LogP contribution in [0.15, 0.2) is 52.2 Å². The number of benzene rings is 1. The van der Waals surface area contributed by atoms with Crippen LogP contribution in [-0.4, -0.2) is 18.7 Å². The molecule has 0 spiro atoms. The lowest BCUT2D eigenvalue weighted by Crippen LogP contribution is -2.24. The number of carbonyl (C=O) groups excluding carboxylic acids is 1. The van der Waals surface area contributed by atoms with Gasteiger partial charge in [-0.25, -0.2) is 5.43 Å². The molecule has 0 saturated heterocycles. The van der Waals surface area contributed by atoms with Crippen LogP contribution < -0.4 is 10.2 Å². The van der Waals surface area contributed by atoms with Crippen molar-refractivity contribution in [3.63, 3.8) is 0 Å². The molecule has 0 bridgehead atoms. The zero-order chi connectivity index (χ0) is 15.8. The summed E-state index contributed by atoms with van der Waals surface area (Å²) >= 11 is 0. The number of hydrogen-bond donors (Lipinski definition) is 1. The number of nitrogens with zero attached hydrogens (tertiary/aromatic N) is 1. The van der Waals surface area contributed by atoms with E-state index in [1.807, 2.05) is 38.1 Å². The highest BCUT2D eigenvalue weighted by Gasteiger charge is 2.06. The zero-order valence-electron chi connectivity index (χ0n) is 12.6. The molecule has 1 N–H and O–H groups in total. The Kier molecular flexibility index (Phi) is 5.54. The van der Waals surface area contributed by atoms with Crippen LogP contribution in [-0.2, 0) is 4.79 Å². The lowest BCUT2D eigenvalue weighted by atomic mass is 10.1. The minimum Gasteiger partial charge on any atom is -0.483 e. The number of nitrogens with one attached hydrogen (secondary N) is 1. The Bertz CT molecular complexity index is 653. The van der Waals surface area contributed by atoms with Gasteiger partial charge in [0.05, 0.1) is 6.26 Å². The number of carbonyl (C=O) groups is 1. The van der Waals surface area contributed by atoms with E-state index in [4.69, 9.17) is 9.15 Å². The van der Waals surface area contributed by atoms with E-state index in [9.17, 15) is 4.79 Å². The number of amides is 1. The highest BCUT2D eigenvalue weighted by atomic mass is 16.5. The third-order valence-corrected chi connectivity index (χ3v) is 2.91. The Morgan fingerprint density at radius 3 is 2.73 bits per heavy atom. The topological polar surface area (TPSA) is 63.8 Å². The number of ether oxygens (including phenoxy) is 1. The molecule has 0 atom stereocenters. The van der Waals surface area contributed by atoms with Crippen molar-refractivity contribution in [2.45, 2.75) is 13.8 Å². The molecule has 22 heavy (non-hydrogen) atoms. The molecule has 1 heterocycles. The second kappa shape index (κ2) is 7.83. The summed E-state index contributed by atoms with van der Waals surface area (Å²) in [5.41, 5.74) is 4.39. The minimum atomic E-state index is -0.315. The summed E-state index contributed by atoms with van der Waals surface area (Å²) in [7, 11) is 0. The maximum Gasteiger partial charge on any atom is 0.277 e. The fourth-order valence-electron chi connectivity index (χ4n) is 1.87. The van der Waals surface area contributed by atoms with E-state index in [1.54, 1.807) is 24.5 Å². The highest BCUT2D eigenvalue weighted by Crippen LogP contribution is 2.21. The molecule has 1 aromatic heterocycles. The van der Waals surface area contributed by atoms with E-state index >= 15 is 0 Å². The first-order chi connectivity index (χ1) is 10.7. The van der Waals surface area contributed by atoms with Gasteiger partial charge in [-0.3, -0.25) is 4.79 Å². The van der Waals surface area contributed by atoms with Crippen LogP contribution >= 0.6 is 0 Å². The van der Waals surface area contributed by atoms with Gasteiger partial charge >= 0.3 is 0 Å². The Hall–Kier alpha value is -2.82. The van der Waals surface area contributed by atoms with Gasteiger partial charge in [-0.05, 0) is 49.3 Å². The van der Waals surface area contributed by atoms with E-state index in [0.29, 0.717) is 0 Å². The third-order valence-electron chi connectivity index (χ3n) is 2.91. The second-order valence-electron chi connectivity index (χ2n) is 4.70. The molecule has 1 amide bonds. The highest BCUT2D eigenvalue weighted by molar-refractivity contribution is 5.81. The van der Waals surface area contributed by atoms with E-state index in [0.717, 1.165) is 22.6 Å². The van der Waals surface area contributed by atoms with Crippen molar-refractivity contribution in [2.75, 3.05) is 6.61 Å². The molecule has 5 heteroatoms. The van der Waals surface area contributed by atoms with Gasteiger partial charge in [0.15, 0.2) is 6.61 Å². The van der Waals surface area contributed by atoms with Crippen LogP contribution in [0.1, 0.15) is 16.9 Å². The van der Waals surface area contributed by atoms with Crippen molar-refractivity contribution in [1.82, 2.24) is 5.43 Å². The van der Waals surface area contributed by atoms with Gasteiger partial charge in [-0.1, -0.05) is 18.2 Å². The van der Waals surface area contributed by atoms with Crippen LogP contribution in [0.5, 0.6) is 5.75 Å². The second-order valence-corrected chi connectivity index (χ2v) is 4.70. The van der Waals surface area contributed by atoms with Gasteiger partial charge in [0.2, 0.25) is 0 Å². The molecular formula is C17H18N2O3. The normalized spacial score (nSPS) is 11.2. The standard InChI is InChI=1S/C17H18N2O3/c1-13-6-3-7-14(2)17(13)22-12-16(20)19-18-10-4-8-15-9-5-11-21-15/h3-11H,12H2,1-2H3,(H,19,20)/b8-4+,18-10?. The molecule has 0 fully saturated rings. The number of allylic oxidation sites excluding steroid dienone is 1. The van der Waals surface area contributed by atoms with Gasteiger partial charge in [-0.15, -0.1) is 0 Å². The fourth-order valence-corrected chi connectivity index (χ4v) is 1.87. The first kappa shape index (κ1) is 15.6. The zero-order valence-corrected chi connectivity index (χ0v) is 12.6. The third kappa shape index (κ3) is 4.63. The Balaban J connectivity index is 1.76. The number of rotatable bonds is 6. The molecule has 0 saturated carbocycles. The summed E-state index contributed by atoms with van der Waals surface area (Å²) < 4.78 is 10.6. The van der Waals surface area contributed by atoms with Crippen molar-refractivity contribution < 1.29 is 13.9 Å². The number of para-hydroxylation sites is 1. The number of hydrogen-bond acceptors (Lipinski definition) is 4. The first-order valence-corrected chi connectivity index (χ1v) is 6.88. The molecular weight excluding hydrogens is 280 g/mol. The van der Waals surface area contributed by atoms with E-state index in [1.165, 1.54) is 6.21 Å². The number of aryl methyl sites for hydroxylation is 2. The van der Waals surface area contributed by atoms with E-state index in [-0.39, 0.29) is 12.5 Å². The quantitative estimate of drug-likeness (QED) is 0.658. The maximum absolute atomic E-state index is 11.6. The van der Waals surface area contributed by atoms with Crippen LogP contribution in [0.3, 0.4) is 0 Å². The molecule has 2 aromatic rings. The SMILES string of the molecule is Cc1cccc(C)c1OCC(=O)NN=C/C=C/c1ccco1. The fraction of sp³-hybridized carbons (Fsp3) is 0.176. The molecule has 5 nitrogen and oxygen atoms in total. The van der Waals surface area contributed by atoms with Gasteiger partial charge < -0.3 is 9.15 Å². The summed E-state index contributed by atoms with van der Waals surface area (Å²) in [5, 5.41) is 3.79. The summed E-state index contributed by atoms with van der Waals surface area (Å²) in [6.45, 7) is 3.81. The van der Waals surface area contributed by atoms with Gasteiger partial charge in [0.1, 0.15) is 11.5 Å². The molecule has 2 rings (SSSR count). The minimum absolute atomic E-state index is 0.0784. The largest absolute Gasteiger partial charge is 0.483 e. The lowest BCUT2D eigenvalue weighted by molar-refractivity contribution is -0.123. The van der Waals surface area contributed by atoms with Crippen molar-refractivity contribution in [3.8, 4) is 5.75 Å². The van der Waals surface area contributed by atoms with Crippen molar-refractivity contribution >= 4 is 18.2 Å². The molecule has 0 aliphatic rings. The Morgan fingerprint density at radius 2 is 2.05 bits per heavy atom. The van der Waals surface area contributed by atoms with Crippen molar-refractivity contribution in [2.24, 2.45) is 5.10 Å². The predicted molar refractivity (Wildman–Crippen MR) is 85.8 cm³/mol. The molecule has 0 unspecified atom stereocenters. The summed E-state index contributed by atoms with van der Waals surface area (Å²) in [6.07, 6.45) is 6.47. The number of hydrazone groups is 1. The number of furan rings is 1. The van der Waals surface area contributed by atoms with Gasteiger partial charge in [-0.2, -0.15) is 5.10 Å². The van der Waals surface area contributed by atoms with Crippen molar-refractivity contribution in [1.29, 1.82) is 0 Å². The lowest BCUT2D eigenvalue weighted by Gasteiger charge is -2.10. The average molecular weight is 298 g/mol. The average Bonchev–Trinajstić information content (AvgIpc) is 2.99. The van der Waals surface area contributed by atoms with Crippen LogP contribution in [0.2, 0.25) is 0 Å². The summed E-state index contributed by atoms with van der Waals surface area (Å²) in [6, 6.07) is 9.45. The maximum atomic E-state index is 11.6. The Morgan fingerprint density at radius 1 is 1.27 bits per heavy atom. The van der Waals surface area contributed by atoms with E-state index < -0.39 is 0 Å². The summed E-state index contributed by atoms with van der Waals surface area (Å²) in [5.74, 6) is 1.14. The predicted octanol–water partition coefficient (Wildman–Crippen LogP) is 3.09.